The Morgan fingerprint density at radius 1 is 1.06 bits per heavy atom. The summed E-state index contributed by atoms with van der Waals surface area (Å²) in [6, 6.07) is 5.45. The van der Waals surface area contributed by atoms with E-state index < -0.39 is 58.6 Å². The van der Waals surface area contributed by atoms with E-state index in [2.05, 4.69) is 26.9 Å². The van der Waals surface area contributed by atoms with Crippen LogP contribution in [-0.2, 0) is 44.0 Å². The third-order valence-corrected chi connectivity index (χ3v) is 14.3. The number of rotatable bonds is 5. The van der Waals surface area contributed by atoms with E-state index in [1.54, 1.807) is 27.9 Å². The largest absolute Gasteiger partial charge is 0.504 e. The van der Waals surface area contributed by atoms with Gasteiger partial charge in [-0.05, 0) is 81.8 Å². The lowest BCUT2D eigenvalue weighted by Gasteiger charge is -2.59. The van der Waals surface area contributed by atoms with Crippen molar-refractivity contribution in [2.45, 2.75) is 108 Å². The first-order valence-electron chi connectivity index (χ1n) is 20.8. The second-order valence-corrected chi connectivity index (χ2v) is 18.8. The molecule has 16 nitrogen and oxygen atoms in total. The minimum atomic E-state index is -1.38. The third-order valence-electron chi connectivity index (χ3n) is 12.9. The Morgan fingerprint density at radius 2 is 1.84 bits per heavy atom. The van der Waals surface area contributed by atoms with Gasteiger partial charge in [0.25, 0.3) is 0 Å². The number of carbonyl (C=O) groups excluding carboxylic acids is 3. The van der Waals surface area contributed by atoms with Crippen molar-refractivity contribution >= 4 is 29.8 Å². The zero-order valence-electron chi connectivity index (χ0n) is 36.0. The summed E-state index contributed by atoms with van der Waals surface area (Å²) in [7, 11) is 3.07. The number of benzene rings is 3. The first-order chi connectivity index (χ1) is 29.6. The molecule has 7 aliphatic rings. The number of amides is 1. The van der Waals surface area contributed by atoms with Crippen LogP contribution in [0.5, 0.6) is 34.5 Å². The lowest BCUT2D eigenvalue weighted by molar-refractivity contribution is -0.155. The molecule has 2 fully saturated rings. The van der Waals surface area contributed by atoms with Crippen LogP contribution in [0.3, 0.4) is 0 Å². The second kappa shape index (κ2) is 15.4. The molecule has 0 unspecified atom stereocenters. The summed E-state index contributed by atoms with van der Waals surface area (Å²) < 4.78 is 42.1. The Hall–Kier alpha value is -5.41. The molecule has 2 saturated heterocycles. The zero-order chi connectivity index (χ0) is 44.0. The molecular formula is C45H51N5O11S. The first kappa shape index (κ1) is 41.9. The van der Waals surface area contributed by atoms with Gasteiger partial charge < -0.3 is 48.9 Å². The minimum Gasteiger partial charge on any atom is -0.504 e. The van der Waals surface area contributed by atoms with Gasteiger partial charge in [0.15, 0.2) is 28.5 Å². The highest BCUT2D eigenvalue weighted by molar-refractivity contribution is 7.99. The van der Waals surface area contributed by atoms with Crippen molar-refractivity contribution in [1.29, 1.82) is 5.26 Å². The molecule has 7 heterocycles. The van der Waals surface area contributed by atoms with Crippen molar-refractivity contribution in [3.05, 3.63) is 68.3 Å². The van der Waals surface area contributed by atoms with Crippen LogP contribution in [0.15, 0.2) is 18.2 Å². The van der Waals surface area contributed by atoms with Gasteiger partial charge in [0.2, 0.25) is 6.79 Å². The average molecular weight is 870 g/mol. The maximum Gasteiger partial charge on any atom is 0.407 e. The molecule has 7 atom stereocenters. The number of phenols is 1. The fourth-order valence-corrected chi connectivity index (χ4v) is 12.2. The summed E-state index contributed by atoms with van der Waals surface area (Å²) in [5, 5.41) is 32.7. The van der Waals surface area contributed by atoms with Crippen molar-refractivity contribution in [1.82, 2.24) is 20.9 Å². The van der Waals surface area contributed by atoms with E-state index >= 15 is 4.79 Å². The Balaban J connectivity index is 1.23. The number of methoxy groups -OCH3 is 2. The van der Waals surface area contributed by atoms with Crippen LogP contribution in [0.4, 0.5) is 4.79 Å². The number of nitrogens with one attached hydrogen (secondary N) is 3. The van der Waals surface area contributed by atoms with Gasteiger partial charge in [0.1, 0.15) is 29.7 Å². The molecule has 62 heavy (non-hydrogen) atoms. The van der Waals surface area contributed by atoms with E-state index in [9.17, 15) is 20.0 Å². The average Bonchev–Trinajstić information content (AvgIpc) is 3.72. The van der Waals surface area contributed by atoms with E-state index in [1.807, 2.05) is 32.0 Å². The molecule has 4 bridgehead atoms. The highest BCUT2D eigenvalue weighted by Crippen LogP contribution is 2.63. The van der Waals surface area contributed by atoms with Crippen molar-refractivity contribution < 1.29 is 52.6 Å². The van der Waals surface area contributed by atoms with Gasteiger partial charge in [-0.25, -0.2) is 9.59 Å². The lowest BCUT2D eigenvalue weighted by atomic mass is 9.72. The number of alkyl carbamates (subject to hydrolysis) is 1. The Labute approximate surface area is 363 Å². The number of thioether (sulfide) groups is 1. The monoisotopic (exact) mass is 869 g/mol. The summed E-state index contributed by atoms with van der Waals surface area (Å²) in [5.41, 5.74) is 4.43. The fourth-order valence-electron chi connectivity index (χ4n) is 10.5. The number of hydrogen-bond acceptors (Lipinski definition) is 16. The number of nitrogens with zero attached hydrogens (tertiary/aromatic N) is 2. The fraction of sp³-hybridized carbons (Fsp3) is 0.511. The first-order valence-corrected chi connectivity index (χ1v) is 21.8. The molecule has 3 aromatic rings. The smallest absolute Gasteiger partial charge is 0.407 e. The topological polar surface area (TPSA) is 199 Å². The van der Waals surface area contributed by atoms with Gasteiger partial charge in [-0.3, -0.25) is 15.0 Å². The van der Waals surface area contributed by atoms with Crippen LogP contribution < -0.4 is 39.6 Å². The molecule has 0 saturated carbocycles. The molecule has 0 aliphatic carbocycles. The van der Waals surface area contributed by atoms with Crippen molar-refractivity contribution in [2.24, 2.45) is 0 Å². The molecule has 7 aliphatic heterocycles. The van der Waals surface area contributed by atoms with Gasteiger partial charge in [-0.2, -0.15) is 5.26 Å². The Morgan fingerprint density at radius 3 is 2.55 bits per heavy atom. The van der Waals surface area contributed by atoms with E-state index in [0.29, 0.717) is 81.5 Å². The number of phenolic OH excluding ortho intramolecular Hbond substituents is 1. The van der Waals surface area contributed by atoms with E-state index in [0.717, 1.165) is 16.7 Å². The third kappa shape index (κ3) is 6.56. The minimum absolute atomic E-state index is 0.0175. The normalized spacial score (nSPS) is 26.8. The predicted molar refractivity (Wildman–Crippen MR) is 225 cm³/mol. The van der Waals surface area contributed by atoms with Gasteiger partial charge in [0.05, 0.1) is 37.6 Å². The number of aromatic hydroxyl groups is 1. The molecule has 3 aromatic carbocycles. The summed E-state index contributed by atoms with van der Waals surface area (Å²) >= 11 is 1.47. The van der Waals surface area contributed by atoms with Crippen LogP contribution in [0.1, 0.15) is 95.1 Å². The maximum absolute atomic E-state index is 15.0. The molecule has 0 radical (unpaired) electrons. The molecule has 17 heteroatoms. The zero-order valence-corrected chi connectivity index (χ0v) is 36.8. The molecule has 0 aromatic heterocycles. The SMILES string of the molecule is COc1cc2c(cc1CNC(=O)OC(C)(C)C)CCN[C@]21CS[C@@H]2c3c(OC(C)=O)c(C)c4c(c3[C@H](COC1=O)N1[C@@H]2[C@@H]2N[C@@H](Cc3cc(C)c(OC)c(O)c32)[C@@H]1C#N)OCO4. The molecule has 328 valence electrons. The molecule has 10 rings (SSSR count). The van der Waals surface area contributed by atoms with Gasteiger partial charge >= 0.3 is 18.0 Å². The molecule has 4 N–H and O–H groups in total. The van der Waals surface area contributed by atoms with Crippen LogP contribution in [-0.4, -0.2) is 91.7 Å². The number of esters is 2. The lowest BCUT2D eigenvalue weighted by Crippen LogP contribution is -2.69. The number of ether oxygens (including phenoxy) is 7. The number of nitriles is 1. The Bertz CT molecular complexity index is 2450. The van der Waals surface area contributed by atoms with Crippen molar-refractivity contribution in [2.75, 3.05) is 39.9 Å². The number of carbonyl (C=O) groups is 3. The second-order valence-electron chi connectivity index (χ2n) is 17.7. The summed E-state index contributed by atoms with van der Waals surface area (Å²) in [6.45, 7) is 10.7. The number of piperazine rings is 1. The highest BCUT2D eigenvalue weighted by atomic mass is 32.2. The highest BCUT2D eigenvalue weighted by Gasteiger charge is 2.60. The molecule has 1 spiro atoms. The summed E-state index contributed by atoms with van der Waals surface area (Å²) in [5.74, 6) is 1.13. The van der Waals surface area contributed by atoms with Gasteiger partial charge in [0, 0.05) is 65.7 Å². The van der Waals surface area contributed by atoms with Crippen molar-refractivity contribution in [3.8, 4) is 40.6 Å². The van der Waals surface area contributed by atoms with Crippen LogP contribution in [0.25, 0.3) is 0 Å². The van der Waals surface area contributed by atoms with Gasteiger partial charge in [-0.1, -0.05) is 6.07 Å². The number of fused-ring (bicyclic) bond motifs is 9. The van der Waals surface area contributed by atoms with E-state index in [4.69, 9.17) is 33.2 Å². The van der Waals surface area contributed by atoms with E-state index in [1.165, 1.54) is 25.8 Å². The molecule has 1 amide bonds. The summed E-state index contributed by atoms with van der Waals surface area (Å²) in [4.78, 5) is 42.8. The quantitative estimate of drug-likeness (QED) is 0.198. The van der Waals surface area contributed by atoms with Crippen LogP contribution in [0.2, 0.25) is 0 Å². The Kier molecular flexibility index (Phi) is 10.4. The molecular weight excluding hydrogens is 819 g/mol. The predicted octanol–water partition coefficient (Wildman–Crippen LogP) is 4.96. The summed E-state index contributed by atoms with van der Waals surface area (Å²) in [6.07, 6.45) is 0.466. The number of aryl methyl sites for hydroxylation is 1. The van der Waals surface area contributed by atoms with Crippen LogP contribution >= 0.6 is 11.8 Å². The van der Waals surface area contributed by atoms with Crippen molar-refractivity contribution in [3.63, 3.8) is 0 Å². The maximum atomic E-state index is 15.0. The van der Waals surface area contributed by atoms with Crippen LogP contribution in [0, 0.1) is 25.2 Å². The standard InChI is InChI=1S/C45H51N5O11S/c1-20-11-24-13-27-28(15-46)50-29-17-57-42(53)45(26-14-30(55-7)25(12-23(26)9-10-48-45)16-47-43(54)61-44(4,5)6)18-62-41(35(50)34(49-27)31(24)36(52)37(20)56-8)33-32(29)40-39(58-19-59-40)21(2)38(33)60-22(3)51/h11-12,14,27-29,34-35,41,48-49,52H,9-10,13,16-19H2,1-8H3,(H,47,54)/t27-,28-,29-,34+,35+,41+,45+/m0/s1. The number of hydrogen-bond donors (Lipinski definition) is 4. The van der Waals surface area contributed by atoms with Gasteiger partial charge in [-0.15, -0.1) is 11.8 Å². The van der Waals surface area contributed by atoms with E-state index in [-0.39, 0.29) is 37.5 Å².